The van der Waals surface area contributed by atoms with E-state index in [-0.39, 0.29) is 11.7 Å². The lowest BCUT2D eigenvalue weighted by Crippen LogP contribution is -2.41. The van der Waals surface area contributed by atoms with Crippen LogP contribution in [0.25, 0.3) is 0 Å². The fourth-order valence-electron chi connectivity index (χ4n) is 2.34. The minimum Gasteiger partial charge on any atom is -0.476 e. The van der Waals surface area contributed by atoms with Crippen LogP contribution in [0.15, 0.2) is 48.5 Å². The number of carbonyl (C=O) groups is 2. The van der Waals surface area contributed by atoms with E-state index >= 15 is 0 Å². The van der Waals surface area contributed by atoms with Gasteiger partial charge in [-0.2, -0.15) is 0 Å². The lowest BCUT2D eigenvalue weighted by atomic mass is 10.1. The van der Waals surface area contributed by atoms with Crippen LogP contribution in [0.4, 0.5) is 0 Å². The molecule has 1 saturated carbocycles. The fourth-order valence-corrected chi connectivity index (χ4v) is 2.46. The minimum absolute atomic E-state index is 0.157. The van der Waals surface area contributed by atoms with Gasteiger partial charge in [0.15, 0.2) is 5.78 Å². The Morgan fingerprint density at radius 2 is 1.52 bits per heavy atom. The molecule has 4 nitrogen and oxygen atoms in total. The Hall–Kier alpha value is -2.33. The van der Waals surface area contributed by atoms with Gasteiger partial charge in [-0.1, -0.05) is 11.6 Å². The smallest absolute Gasteiger partial charge is 0.355 e. The van der Waals surface area contributed by atoms with E-state index in [1.807, 2.05) is 0 Å². The molecule has 0 aliphatic heterocycles. The van der Waals surface area contributed by atoms with E-state index in [0.717, 1.165) is 12.8 Å². The summed E-state index contributed by atoms with van der Waals surface area (Å²) in [4.78, 5) is 24.4. The Kier molecular flexibility index (Phi) is 4.82. The predicted octanol–water partition coefficient (Wildman–Crippen LogP) is 4.70. The maximum Gasteiger partial charge on any atom is 0.355 e. The summed E-state index contributed by atoms with van der Waals surface area (Å²) in [5.74, 6) is 0.704. The van der Waals surface area contributed by atoms with Crippen molar-refractivity contribution in [3.05, 3.63) is 59.1 Å². The van der Waals surface area contributed by atoms with Crippen LogP contribution in [0.3, 0.4) is 0 Å². The third-order valence-electron chi connectivity index (χ3n) is 3.98. The van der Waals surface area contributed by atoms with Crippen LogP contribution in [-0.2, 0) is 4.79 Å². The maximum atomic E-state index is 12.4. The van der Waals surface area contributed by atoms with E-state index < -0.39 is 11.6 Å². The zero-order valence-electron chi connectivity index (χ0n) is 14.1. The molecule has 2 aromatic carbocycles. The second kappa shape index (κ2) is 6.89. The molecule has 0 heterocycles. The van der Waals surface area contributed by atoms with Gasteiger partial charge in [-0.05, 0) is 75.2 Å². The van der Waals surface area contributed by atoms with Crippen molar-refractivity contribution in [1.82, 2.24) is 0 Å². The molecule has 130 valence electrons. The largest absolute Gasteiger partial charge is 0.476 e. The molecule has 0 radical (unpaired) electrons. The predicted molar refractivity (Wildman–Crippen MR) is 95.3 cm³/mol. The van der Waals surface area contributed by atoms with Gasteiger partial charge in [0.2, 0.25) is 5.60 Å². The summed E-state index contributed by atoms with van der Waals surface area (Å²) >= 11 is 5.84. The SMILES string of the molecule is CC(C)(Oc1ccc(Cl)cc1)C(=O)Oc1ccc(C(=O)C2CC2)cc1. The highest BCUT2D eigenvalue weighted by atomic mass is 35.5. The molecule has 25 heavy (non-hydrogen) atoms. The third-order valence-corrected chi connectivity index (χ3v) is 4.23. The highest BCUT2D eigenvalue weighted by Gasteiger charge is 2.33. The molecule has 0 bridgehead atoms. The van der Waals surface area contributed by atoms with E-state index in [2.05, 4.69) is 0 Å². The Balaban J connectivity index is 1.63. The summed E-state index contributed by atoms with van der Waals surface area (Å²) in [7, 11) is 0. The van der Waals surface area contributed by atoms with Gasteiger partial charge in [0.25, 0.3) is 0 Å². The molecule has 1 fully saturated rings. The third kappa shape index (κ3) is 4.40. The number of rotatable bonds is 6. The average Bonchev–Trinajstić information content (AvgIpc) is 3.42. The minimum atomic E-state index is -1.17. The van der Waals surface area contributed by atoms with Gasteiger partial charge in [0.05, 0.1) is 0 Å². The summed E-state index contributed by atoms with van der Waals surface area (Å²) in [5.41, 5.74) is -0.518. The summed E-state index contributed by atoms with van der Waals surface area (Å²) in [6.07, 6.45) is 1.93. The monoisotopic (exact) mass is 358 g/mol. The Labute approximate surface area is 151 Å². The van der Waals surface area contributed by atoms with Crippen molar-refractivity contribution in [2.24, 2.45) is 5.92 Å². The van der Waals surface area contributed by atoms with E-state index in [9.17, 15) is 9.59 Å². The first-order valence-electron chi connectivity index (χ1n) is 8.16. The fraction of sp³-hybridized carbons (Fsp3) is 0.300. The van der Waals surface area contributed by atoms with Crippen molar-refractivity contribution < 1.29 is 19.1 Å². The first-order chi connectivity index (χ1) is 11.8. The van der Waals surface area contributed by atoms with Crippen molar-refractivity contribution in [3.63, 3.8) is 0 Å². The van der Waals surface area contributed by atoms with Crippen LogP contribution in [0.5, 0.6) is 11.5 Å². The average molecular weight is 359 g/mol. The molecule has 0 atom stereocenters. The molecule has 2 aromatic rings. The van der Waals surface area contributed by atoms with E-state index in [1.165, 1.54) is 0 Å². The molecule has 0 N–H and O–H groups in total. The van der Waals surface area contributed by atoms with Crippen LogP contribution >= 0.6 is 11.6 Å². The molecule has 1 aliphatic carbocycles. The summed E-state index contributed by atoms with van der Waals surface area (Å²) in [6.45, 7) is 3.27. The molecule has 0 spiro atoms. The number of ether oxygens (including phenoxy) is 2. The standard InChI is InChI=1S/C20H19ClO4/c1-20(2,25-17-11-7-15(21)8-12-17)19(23)24-16-9-5-14(6-10-16)18(22)13-3-4-13/h5-13H,3-4H2,1-2H3. The zero-order valence-corrected chi connectivity index (χ0v) is 14.9. The molecular formula is C20H19ClO4. The lowest BCUT2D eigenvalue weighted by molar-refractivity contribution is -0.149. The second-order valence-electron chi connectivity index (χ2n) is 6.62. The Morgan fingerprint density at radius 3 is 2.08 bits per heavy atom. The molecular weight excluding hydrogens is 340 g/mol. The van der Waals surface area contributed by atoms with Gasteiger partial charge >= 0.3 is 5.97 Å². The van der Waals surface area contributed by atoms with Crippen molar-refractivity contribution in [3.8, 4) is 11.5 Å². The molecule has 0 aromatic heterocycles. The van der Waals surface area contributed by atoms with Gasteiger partial charge < -0.3 is 9.47 Å². The van der Waals surface area contributed by atoms with Gasteiger partial charge in [0, 0.05) is 16.5 Å². The molecule has 0 amide bonds. The van der Waals surface area contributed by atoms with Crippen LogP contribution in [-0.4, -0.2) is 17.4 Å². The van der Waals surface area contributed by atoms with Crippen LogP contribution < -0.4 is 9.47 Å². The molecule has 3 rings (SSSR count). The van der Waals surface area contributed by atoms with Crippen LogP contribution in [0.1, 0.15) is 37.0 Å². The van der Waals surface area contributed by atoms with Crippen molar-refractivity contribution in [1.29, 1.82) is 0 Å². The highest BCUT2D eigenvalue weighted by Crippen LogP contribution is 2.33. The molecule has 1 aliphatic rings. The number of hydrogen-bond donors (Lipinski definition) is 0. The van der Waals surface area contributed by atoms with Crippen LogP contribution in [0, 0.1) is 5.92 Å². The lowest BCUT2D eigenvalue weighted by Gasteiger charge is -2.24. The Bertz CT molecular complexity index is 774. The Morgan fingerprint density at radius 1 is 0.960 bits per heavy atom. The second-order valence-corrected chi connectivity index (χ2v) is 7.06. The van der Waals surface area contributed by atoms with E-state index in [1.54, 1.807) is 62.4 Å². The number of hydrogen-bond acceptors (Lipinski definition) is 4. The first-order valence-corrected chi connectivity index (χ1v) is 8.54. The summed E-state index contributed by atoms with van der Waals surface area (Å²) < 4.78 is 11.1. The zero-order chi connectivity index (χ0) is 18.0. The van der Waals surface area contributed by atoms with Crippen molar-refractivity contribution >= 4 is 23.4 Å². The van der Waals surface area contributed by atoms with Crippen molar-refractivity contribution in [2.45, 2.75) is 32.3 Å². The summed E-state index contributed by atoms with van der Waals surface area (Å²) in [5, 5.41) is 0.591. The van der Waals surface area contributed by atoms with E-state index in [0.29, 0.717) is 22.1 Å². The molecule has 5 heteroatoms. The quantitative estimate of drug-likeness (QED) is 0.427. The normalized spacial score (nSPS) is 14.0. The molecule has 0 saturated heterocycles. The topological polar surface area (TPSA) is 52.6 Å². The number of benzene rings is 2. The van der Waals surface area contributed by atoms with Gasteiger partial charge in [-0.3, -0.25) is 4.79 Å². The van der Waals surface area contributed by atoms with Crippen molar-refractivity contribution in [2.75, 3.05) is 0 Å². The molecule has 0 unspecified atom stereocenters. The number of halogens is 1. The first kappa shape index (κ1) is 17.5. The maximum absolute atomic E-state index is 12.4. The number of carbonyl (C=O) groups excluding carboxylic acids is 2. The van der Waals surface area contributed by atoms with Gasteiger partial charge in [-0.15, -0.1) is 0 Å². The number of Topliss-reactive ketones (excluding diaryl/α,β-unsaturated/α-hetero) is 1. The van der Waals surface area contributed by atoms with E-state index in [4.69, 9.17) is 21.1 Å². The van der Waals surface area contributed by atoms with Gasteiger partial charge in [0.1, 0.15) is 11.5 Å². The highest BCUT2D eigenvalue weighted by molar-refractivity contribution is 6.30. The van der Waals surface area contributed by atoms with Gasteiger partial charge in [-0.25, -0.2) is 4.79 Å². The number of esters is 1. The number of ketones is 1. The van der Waals surface area contributed by atoms with Crippen LogP contribution in [0.2, 0.25) is 5.02 Å². The summed E-state index contributed by atoms with van der Waals surface area (Å²) in [6, 6.07) is 13.4.